The number of nitrogens with one attached hydrogen (secondary N) is 1. The topological polar surface area (TPSA) is 87.7 Å². The van der Waals surface area contributed by atoms with Crippen molar-refractivity contribution >= 4 is 23.4 Å². The van der Waals surface area contributed by atoms with Crippen LogP contribution in [0.25, 0.3) is 0 Å². The number of aromatic nitrogens is 2. The van der Waals surface area contributed by atoms with E-state index in [4.69, 9.17) is 22.1 Å². The number of nitriles is 1. The molecule has 1 aromatic heterocycles. The number of fused-ring (bicyclic) bond motifs is 1. The highest BCUT2D eigenvalue weighted by molar-refractivity contribution is 7.98. The zero-order chi connectivity index (χ0) is 21.4. The third-order valence-corrected chi connectivity index (χ3v) is 6.69. The third kappa shape index (κ3) is 3.67. The molecule has 3 aromatic rings. The predicted molar refractivity (Wildman–Crippen MR) is 120 cm³/mol. The van der Waals surface area contributed by atoms with Crippen LogP contribution < -0.4 is 10.5 Å². The van der Waals surface area contributed by atoms with Crippen molar-refractivity contribution in [1.29, 1.82) is 5.26 Å². The SMILES string of the molecule is Cc1cc(C)c(C2C(C#N)=C(N)Oc3n[nH]c(C)c32)cc1CSc1ccc(Cl)cc1. The van der Waals surface area contributed by atoms with Gasteiger partial charge in [-0.3, -0.25) is 5.10 Å². The lowest BCUT2D eigenvalue weighted by atomic mass is 9.81. The molecule has 7 heteroatoms. The van der Waals surface area contributed by atoms with Gasteiger partial charge in [-0.15, -0.1) is 16.9 Å². The molecule has 30 heavy (non-hydrogen) atoms. The zero-order valence-corrected chi connectivity index (χ0v) is 18.5. The fraction of sp³-hybridized carbons (Fsp3) is 0.217. The zero-order valence-electron chi connectivity index (χ0n) is 16.9. The Hall–Kier alpha value is -2.88. The van der Waals surface area contributed by atoms with Crippen LogP contribution in [0, 0.1) is 32.1 Å². The first kappa shape index (κ1) is 20.4. The van der Waals surface area contributed by atoms with Gasteiger partial charge in [0.2, 0.25) is 11.8 Å². The molecule has 0 radical (unpaired) electrons. The summed E-state index contributed by atoms with van der Waals surface area (Å²) in [5.41, 5.74) is 12.8. The Morgan fingerprint density at radius 1 is 1.20 bits per heavy atom. The minimum atomic E-state index is -0.308. The Kier molecular flexibility index (Phi) is 5.50. The molecule has 4 rings (SSSR count). The maximum atomic E-state index is 9.82. The Morgan fingerprint density at radius 3 is 2.63 bits per heavy atom. The van der Waals surface area contributed by atoms with Crippen LogP contribution in [-0.2, 0) is 5.75 Å². The first-order valence-electron chi connectivity index (χ1n) is 9.50. The van der Waals surface area contributed by atoms with E-state index in [1.807, 2.05) is 31.2 Å². The maximum absolute atomic E-state index is 9.82. The van der Waals surface area contributed by atoms with Gasteiger partial charge in [0.25, 0.3) is 0 Å². The summed E-state index contributed by atoms with van der Waals surface area (Å²) in [6, 6.07) is 14.4. The van der Waals surface area contributed by atoms with Crippen molar-refractivity contribution in [2.24, 2.45) is 5.73 Å². The third-order valence-electron chi connectivity index (χ3n) is 5.37. The van der Waals surface area contributed by atoms with Crippen LogP contribution >= 0.6 is 23.4 Å². The quantitative estimate of drug-likeness (QED) is 0.527. The highest BCUT2D eigenvalue weighted by Gasteiger charge is 2.35. The molecule has 0 spiro atoms. The Labute approximate surface area is 184 Å². The molecule has 5 nitrogen and oxygen atoms in total. The molecular weight excluding hydrogens is 416 g/mol. The number of aromatic amines is 1. The van der Waals surface area contributed by atoms with Crippen molar-refractivity contribution < 1.29 is 4.74 Å². The number of nitrogens with zero attached hydrogens (tertiary/aromatic N) is 2. The number of aryl methyl sites for hydroxylation is 3. The number of thioether (sulfide) groups is 1. The summed E-state index contributed by atoms with van der Waals surface area (Å²) in [7, 11) is 0. The Morgan fingerprint density at radius 2 is 1.93 bits per heavy atom. The summed E-state index contributed by atoms with van der Waals surface area (Å²) in [5, 5.41) is 17.7. The van der Waals surface area contributed by atoms with Crippen molar-refractivity contribution in [2.75, 3.05) is 0 Å². The second-order valence-electron chi connectivity index (χ2n) is 7.37. The van der Waals surface area contributed by atoms with Gasteiger partial charge >= 0.3 is 0 Å². The summed E-state index contributed by atoms with van der Waals surface area (Å²) >= 11 is 7.75. The van der Waals surface area contributed by atoms with Crippen molar-refractivity contribution in [1.82, 2.24) is 10.2 Å². The number of rotatable bonds is 4. The van der Waals surface area contributed by atoms with E-state index in [0.717, 1.165) is 38.1 Å². The van der Waals surface area contributed by atoms with Gasteiger partial charge in [0.1, 0.15) is 11.6 Å². The molecule has 1 aliphatic rings. The van der Waals surface area contributed by atoms with Crippen LogP contribution in [0.15, 0.2) is 52.7 Å². The Bertz CT molecular complexity index is 1190. The van der Waals surface area contributed by atoms with Gasteiger partial charge in [-0.2, -0.15) is 5.26 Å². The average Bonchev–Trinajstić information content (AvgIpc) is 3.08. The summed E-state index contributed by atoms with van der Waals surface area (Å²) in [6.45, 7) is 6.11. The average molecular weight is 437 g/mol. The van der Waals surface area contributed by atoms with Gasteiger partial charge in [-0.25, -0.2) is 0 Å². The summed E-state index contributed by atoms with van der Waals surface area (Å²) in [4.78, 5) is 1.15. The number of allylic oxidation sites excluding steroid dienone is 1. The van der Waals surface area contributed by atoms with E-state index in [2.05, 4.69) is 42.2 Å². The summed E-state index contributed by atoms with van der Waals surface area (Å²) in [6.07, 6.45) is 0. The molecule has 0 saturated heterocycles. The number of nitrogens with two attached hydrogens (primary N) is 1. The highest BCUT2D eigenvalue weighted by atomic mass is 35.5. The number of hydrogen-bond acceptors (Lipinski definition) is 5. The van der Waals surface area contributed by atoms with Gasteiger partial charge in [0.05, 0.1) is 5.92 Å². The fourth-order valence-electron chi connectivity index (χ4n) is 3.78. The van der Waals surface area contributed by atoms with E-state index < -0.39 is 0 Å². The van der Waals surface area contributed by atoms with Crippen LogP contribution in [-0.4, -0.2) is 10.2 Å². The van der Waals surface area contributed by atoms with E-state index >= 15 is 0 Å². The van der Waals surface area contributed by atoms with E-state index in [0.29, 0.717) is 11.5 Å². The molecule has 0 amide bonds. The molecule has 1 aliphatic heterocycles. The molecule has 1 atom stereocenters. The lowest BCUT2D eigenvalue weighted by Gasteiger charge is -2.26. The van der Waals surface area contributed by atoms with E-state index in [-0.39, 0.29) is 11.8 Å². The second kappa shape index (κ2) is 8.10. The lowest BCUT2D eigenvalue weighted by Crippen LogP contribution is -2.21. The highest BCUT2D eigenvalue weighted by Crippen LogP contribution is 2.44. The predicted octanol–water partition coefficient (Wildman–Crippen LogP) is 5.50. The van der Waals surface area contributed by atoms with Crippen LogP contribution in [0.5, 0.6) is 5.88 Å². The molecule has 0 aliphatic carbocycles. The van der Waals surface area contributed by atoms with Gasteiger partial charge in [-0.05, 0) is 67.3 Å². The fourth-order valence-corrected chi connectivity index (χ4v) is 4.87. The summed E-state index contributed by atoms with van der Waals surface area (Å²) in [5.74, 6) is 1.05. The molecule has 1 unspecified atom stereocenters. The monoisotopic (exact) mass is 436 g/mol. The molecule has 2 aromatic carbocycles. The minimum Gasteiger partial charge on any atom is -0.420 e. The molecule has 152 valence electrons. The second-order valence-corrected chi connectivity index (χ2v) is 8.86. The molecule has 0 fully saturated rings. The van der Waals surface area contributed by atoms with Crippen LogP contribution in [0.2, 0.25) is 5.02 Å². The largest absolute Gasteiger partial charge is 0.420 e. The van der Waals surface area contributed by atoms with Crippen molar-refractivity contribution in [3.63, 3.8) is 0 Å². The smallest absolute Gasteiger partial charge is 0.244 e. The van der Waals surface area contributed by atoms with Crippen LogP contribution in [0.1, 0.15) is 39.4 Å². The summed E-state index contributed by atoms with van der Waals surface area (Å²) < 4.78 is 5.59. The molecule has 0 bridgehead atoms. The van der Waals surface area contributed by atoms with Crippen molar-refractivity contribution in [3.8, 4) is 11.9 Å². The van der Waals surface area contributed by atoms with Crippen LogP contribution in [0.3, 0.4) is 0 Å². The molecular formula is C23H21ClN4OS. The minimum absolute atomic E-state index is 0.110. The van der Waals surface area contributed by atoms with Gasteiger partial charge in [0, 0.05) is 26.9 Å². The first-order chi connectivity index (χ1) is 14.4. The number of benzene rings is 2. The van der Waals surface area contributed by atoms with E-state index in [9.17, 15) is 5.26 Å². The number of halogens is 1. The molecule has 3 N–H and O–H groups in total. The van der Waals surface area contributed by atoms with Gasteiger partial charge < -0.3 is 10.5 Å². The number of hydrogen-bond donors (Lipinski definition) is 2. The standard InChI is InChI=1S/C23H21ClN4OS/c1-12-8-13(2)18(9-15(12)11-30-17-6-4-16(24)5-7-17)21-19(10-25)22(26)29-23-20(21)14(3)27-28-23/h4-9,21H,11,26H2,1-3H3,(H,27,28). The lowest BCUT2D eigenvalue weighted by molar-refractivity contribution is 0.378. The van der Waals surface area contributed by atoms with Crippen molar-refractivity contribution in [2.45, 2.75) is 37.3 Å². The normalized spacial score (nSPS) is 15.5. The number of ether oxygens (including phenoxy) is 1. The maximum Gasteiger partial charge on any atom is 0.244 e. The van der Waals surface area contributed by atoms with Gasteiger partial charge in [0.15, 0.2) is 0 Å². The number of H-pyrrole nitrogens is 1. The first-order valence-corrected chi connectivity index (χ1v) is 10.9. The van der Waals surface area contributed by atoms with E-state index in [1.54, 1.807) is 11.8 Å². The molecule has 2 heterocycles. The van der Waals surface area contributed by atoms with Crippen LogP contribution in [0.4, 0.5) is 0 Å². The van der Waals surface area contributed by atoms with E-state index in [1.165, 1.54) is 11.1 Å². The van der Waals surface area contributed by atoms with Crippen molar-refractivity contribution in [3.05, 3.63) is 86.4 Å². The molecule has 0 saturated carbocycles. The van der Waals surface area contributed by atoms with Gasteiger partial charge in [-0.1, -0.05) is 23.7 Å². The Balaban J connectivity index is 1.75.